The number of rotatable bonds is 7. The number of hydrogen-bond donors (Lipinski definition) is 3. The summed E-state index contributed by atoms with van der Waals surface area (Å²) in [5.74, 6) is 0. The van der Waals surface area contributed by atoms with Gasteiger partial charge in [0, 0.05) is 18.8 Å². The van der Waals surface area contributed by atoms with E-state index >= 15 is 0 Å². The van der Waals surface area contributed by atoms with Crippen molar-refractivity contribution in [1.82, 2.24) is 10.6 Å². The first kappa shape index (κ1) is 19.3. The molecular weight excluding hydrogens is 314 g/mol. The Hall–Kier alpha value is -1.76. The van der Waals surface area contributed by atoms with Crippen molar-refractivity contribution in [3.05, 3.63) is 29.8 Å². The first-order chi connectivity index (χ1) is 10.6. The van der Waals surface area contributed by atoms with Crippen molar-refractivity contribution < 1.29 is 13.2 Å². The summed E-state index contributed by atoms with van der Waals surface area (Å²) < 4.78 is 24.7. The first-order valence-electron chi connectivity index (χ1n) is 7.64. The Bertz CT molecular complexity index is 604. The number of hydrogen-bond acceptors (Lipinski definition) is 3. The van der Waals surface area contributed by atoms with Gasteiger partial charge in [-0.1, -0.05) is 32.9 Å². The smallest absolute Gasteiger partial charge is 0.314 e. The van der Waals surface area contributed by atoms with Gasteiger partial charge >= 0.3 is 6.03 Å². The van der Waals surface area contributed by atoms with Crippen LogP contribution in [-0.4, -0.2) is 33.8 Å². The molecule has 1 rings (SSSR count). The highest BCUT2D eigenvalue weighted by atomic mass is 32.2. The van der Waals surface area contributed by atoms with Gasteiger partial charge in [0.2, 0.25) is 10.0 Å². The molecule has 1 aromatic carbocycles. The second-order valence-corrected chi connectivity index (χ2v) is 8.59. The molecule has 0 spiro atoms. The minimum Gasteiger partial charge on any atom is -0.338 e. The van der Waals surface area contributed by atoms with E-state index in [1.54, 1.807) is 12.1 Å². The van der Waals surface area contributed by atoms with Crippen molar-refractivity contribution in [3.63, 3.8) is 0 Å². The number of amides is 2. The van der Waals surface area contributed by atoms with Crippen LogP contribution < -0.4 is 15.4 Å². The van der Waals surface area contributed by atoms with Gasteiger partial charge in [0.1, 0.15) is 0 Å². The number of urea groups is 1. The number of aryl methyl sites for hydroxylation is 1. The third-order valence-electron chi connectivity index (χ3n) is 2.96. The van der Waals surface area contributed by atoms with Gasteiger partial charge in [-0.15, -0.1) is 0 Å². The SMILES string of the molecule is CC(C)(C)CNC(=O)NCCCc1ccc(NS(C)(=O)=O)cc1. The Balaban J connectivity index is 2.27. The maximum absolute atomic E-state index is 11.6. The minimum absolute atomic E-state index is 0.0685. The van der Waals surface area contributed by atoms with Crippen LogP contribution in [0.1, 0.15) is 32.8 Å². The number of carbonyl (C=O) groups excluding carboxylic acids is 1. The number of benzene rings is 1. The Morgan fingerprint density at radius 3 is 2.22 bits per heavy atom. The zero-order chi connectivity index (χ0) is 17.5. The average molecular weight is 341 g/mol. The monoisotopic (exact) mass is 341 g/mol. The predicted molar refractivity (Wildman–Crippen MR) is 94.1 cm³/mol. The molecule has 3 N–H and O–H groups in total. The molecule has 0 heterocycles. The average Bonchev–Trinajstić information content (AvgIpc) is 2.41. The highest BCUT2D eigenvalue weighted by Gasteiger charge is 2.11. The summed E-state index contributed by atoms with van der Waals surface area (Å²) in [6.45, 7) is 7.42. The van der Waals surface area contributed by atoms with Gasteiger partial charge in [0.25, 0.3) is 0 Å². The fourth-order valence-electron chi connectivity index (χ4n) is 1.86. The highest BCUT2D eigenvalue weighted by Crippen LogP contribution is 2.12. The zero-order valence-electron chi connectivity index (χ0n) is 14.3. The third-order valence-corrected chi connectivity index (χ3v) is 3.57. The molecule has 0 aromatic heterocycles. The minimum atomic E-state index is -3.24. The first-order valence-corrected chi connectivity index (χ1v) is 9.53. The standard InChI is InChI=1S/C16H27N3O3S/c1-16(2,3)12-18-15(20)17-11-5-6-13-7-9-14(10-8-13)19-23(4,21)22/h7-10,19H,5-6,11-12H2,1-4H3,(H2,17,18,20). The van der Waals surface area contributed by atoms with E-state index in [0.29, 0.717) is 18.8 Å². The molecule has 7 heteroatoms. The molecule has 0 aliphatic rings. The molecule has 6 nitrogen and oxygen atoms in total. The number of carbonyl (C=O) groups is 1. The Kier molecular flexibility index (Phi) is 6.87. The molecule has 0 aliphatic carbocycles. The normalized spacial score (nSPS) is 11.8. The molecule has 2 amide bonds. The van der Waals surface area contributed by atoms with E-state index in [1.165, 1.54) is 0 Å². The molecule has 0 radical (unpaired) electrons. The van der Waals surface area contributed by atoms with Crippen LogP contribution in [0.3, 0.4) is 0 Å². The molecular formula is C16H27N3O3S. The van der Waals surface area contributed by atoms with Crippen molar-refractivity contribution >= 4 is 21.7 Å². The van der Waals surface area contributed by atoms with Crippen LogP contribution in [0.15, 0.2) is 24.3 Å². The van der Waals surface area contributed by atoms with Crippen LogP contribution in [0.5, 0.6) is 0 Å². The van der Waals surface area contributed by atoms with E-state index in [0.717, 1.165) is 24.7 Å². The zero-order valence-corrected chi connectivity index (χ0v) is 15.1. The molecule has 0 atom stereocenters. The van der Waals surface area contributed by atoms with E-state index in [-0.39, 0.29) is 11.4 Å². The lowest BCUT2D eigenvalue weighted by Gasteiger charge is -2.18. The van der Waals surface area contributed by atoms with E-state index < -0.39 is 10.0 Å². The van der Waals surface area contributed by atoms with Crippen LogP contribution in [0.25, 0.3) is 0 Å². The second-order valence-electron chi connectivity index (χ2n) is 6.84. The van der Waals surface area contributed by atoms with Crippen molar-refractivity contribution in [1.29, 1.82) is 0 Å². The van der Waals surface area contributed by atoms with Crippen LogP contribution >= 0.6 is 0 Å². The molecule has 0 aliphatic heterocycles. The molecule has 130 valence electrons. The van der Waals surface area contributed by atoms with Gasteiger partial charge in [-0.2, -0.15) is 0 Å². The predicted octanol–water partition coefficient (Wildman–Crippen LogP) is 2.34. The summed E-state index contributed by atoms with van der Waals surface area (Å²) in [6, 6.07) is 7.09. The fourth-order valence-corrected chi connectivity index (χ4v) is 2.42. The van der Waals surface area contributed by atoms with Crippen molar-refractivity contribution in [3.8, 4) is 0 Å². The molecule has 1 aromatic rings. The summed E-state index contributed by atoms with van der Waals surface area (Å²) in [5.41, 5.74) is 1.72. The summed E-state index contributed by atoms with van der Waals surface area (Å²) in [5, 5.41) is 5.66. The summed E-state index contributed by atoms with van der Waals surface area (Å²) in [4.78, 5) is 11.6. The Morgan fingerprint density at radius 1 is 1.09 bits per heavy atom. The van der Waals surface area contributed by atoms with E-state index in [1.807, 2.05) is 12.1 Å². The molecule has 23 heavy (non-hydrogen) atoms. The Labute approximate surface area is 139 Å². The second kappa shape index (κ2) is 8.19. The van der Waals surface area contributed by atoms with Crippen LogP contribution in [0.2, 0.25) is 0 Å². The van der Waals surface area contributed by atoms with Crippen molar-refractivity contribution in [2.45, 2.75) is 33.6 Å². The van der Waals surface area contributed by atoms with Gasteiger partial charge in [0.15, 0.2) is 0 Å². The molecule has 0 saturated carbocycles. The van der Waals surface area contributed by atoms with Gasteiger partial charge in [-0.05, 0) is 36.0 Å². The lowest BCUT2D eigenvalue weighted by atomic mass is 9.97. The van der Waals surface area contributed by atoms with Crippen LogP contribution in [0, 0.1) is 5.41 Å². The number of nitrogens with one attached hydrogen (secondary N) is 3. The van der Waals surface area contributed by atoms with E-state index in [2.05, 4.69) is 36.1 Å². The van der Waals surface area contributed by atoms with Gasteiger partial charge < -0.3 is 10.6 Å². The lowest BCUT2D eigenvalue weighted by molar-refractivity contribution is 0.235. The summed E-state index contributed by atoms with van der Waals surface area (Å²) in [6.07, 6.45) is 2.76. The van der Waals surface area contributed by atoms with E-state index in [4.69, 9.17) is 0 Å². The fraction of sp³-hybridized carbons (Fsp3) is 0.562. The Morgan fingerprint density at radius 2 is 1.70 bits per heavy atom. The molecule has 0 saturated heterocycles. The number of anilines is 1. The van der Waals surface area contributed by atoms with Crippen molar-refractivity contribution in [2.24, 2.45) is 5.41 Å². The highest BCUT2D eigenvalue weighted by molar-refractivity contribution is 7.92. The summed E-state index contributed by atoms with van der Waals surface area (Å²) >= 11 is 0. The largest absolute Gasteiger partial charge is 0.338 e. The van der Waals surface area contributed by atoms with Gasteiger partial charge in [-0.25, -0.2) is 13.2 Å². The lowest BCUT2D eigenvalue weighted by Crippen LogP contribution is -2.40. The van der Waals surface area contributed by atoms with Crippen molar-refractivity contribution in [2.75, 3.05) is 24.1 Å². The maximum Gasteiger partial charge on any atom is 0.314 e. The summed E-state index contributed by atoms with van der Waals surface area (Å²) in [7, 11) is -3.24. The third kappa shape index (κ3) is 9.78. The topological polar surface area (TPSA) is 87.3 Å². The van der Waals surface area contributed by atoms with Crippen LogP contribution in [0.4, 0.5) is 10.5 Å². The van der Waals surface area contributed by atoms with Gasteiger partial charge in [0.05, 0.1) is 6.26 Å². The van der Waals surface area contributed by atoms with Gasteiger partial charge in [-0.3, -0.25) is 4.72 Å². The molecule has 0 unspecified atom stereocenters. The van der Waals surface area contributed by atoms with E-state index in [9.17, 15) is 13.2 Å². The number of sulfonamides is 1. The van der Waals surface area contributed by atoms with Crippen LogP contribution in [-0.2, 0) is 16.4 Å². The maximum atomic E-state index is 11.6. The molecule has 0 fully saturated rings. The molecule has 0 bridgehead atoms. The quantitative estimate of drug-likeness (QED) is 0.665.